The molecule has 0 bridgehead atoms. The Labute approximate surface area is 130 Å². The van der Waals surface area contributed by atoms with Crippen molar-refractivity contribution in [2.24, 2.45) is 0 Å². The van der Waals surface area contributed by atoms with Crippen LogP contribution in [0.3, 0.4) is 0 Å². The Hall–Kier alpha value is -2.60. The summed E-state index contributed by atoms with van der Waals surface area (Å²) in [5, 5.41) is 10.7. The van der Waals surface area contributed by atoms with Gasteiger partial charge in [0.15, 0.2) is 5.75 Å². The number of nitrogens with two attached hydrogens (primary N) is 2. The van der Waals surface area contributed by atoms with Crippen molar-refractivity contribution in [3.8, 4) is 16.3 Å². The molecule has 6 heteroatoms. The molecule has 2 aromatic carbocycles. The van der Waals surface area contributed by atoms with Gasteiger partial charge < -0.3 is 16.6 Å². The first kappa shape index (κ1) is 14.3. The minimum absolute atomic E-state index is 0.0531. The Kier molecular flexibility index (Phi) is 3.68. The number of benzene rings is 2. The van der Waals surface area contributed by atoms with Crippen molar-refractivity contribution in [3.63, 3.8) is 0 Å². The summed E-state index contributed by atoms with van der Waals surface area (Å²) < 4.78 is 12.9. The predicted octanol–water partition coefficient (Wildman–Crippen LogP) is 3.41. The lowest BCUT2D eigenvalue weighted by atomic mass is 10.1. The summed E-state index contributed by atoms with van der Waals surface area (Å²) in [5.41, 5.74) is 13.4. The first-order valence-corrected chi connectivity index (χ1v) is 7.42. The number of hydrogen-bond donors (Lipinski definition) is 3. The van der Waals surface area contributed by atoms with Gasteiger partial charge in [0.05, 0.1) is 16.9 Å². The molecule has 0 radical (unpaired) electrons. The van der Waals surface area contributed by atoms with E-state index >= 15 is 0 Å². The minimum atomic E-state index is -0.254. The van der Waals surface area contributed by atoms with E-state index < -0.39 is 0 Å². The fourth-order valence-corrected chi connectivity index (χ4v) is 3.09. The highest BCUT2D eigenvalue weighted by atomic mass is 32.1. The number of hydrogen-bond acceptors (Lipinski definition) is 5. The molecule has 0 aliphatic rings. The van der Waals surface area contributed by atoms with Crippen molar-refractivity contribution in [2.45, 2.75) is 6.42 Å². The second-order valence-corrected chi connectivity index (χ2v) is 6.01. The standard InChI is InChI=1S/C16H14FN3OS/c17-10-3-1-9(2-4-10)7-11-8-20-16(22-11)12-5-6-13(18)14(19)15(12)21/h1-6,8,21H,7,18-19H2. The largest absolute Gasteiger partial charge is 0.505 e. The van der Waals surface area contributed by atoms with Crippen LogP contribution in [0.2, 0.25) is 0 Å². The average molecular weight is 315 g/mol. The summed E-state index contributed by atoms with van der Waals surface area (Å²) in [6.45, 7) is 0. The molecule has 1 aromatic heterocycles. The molecule has 112 valence electrons. The topological polar surface area (TPSA) is 85.2 Å². The number of halogens is 1. The lowest BCUT2D eigenvalue weighted by Gasteiger charge is -2.06. The molecule has 22 heavy (non-hydrogen) atoms. The van der Waals surface area contributed by atoms with Crippen LogP contribution < -0.4 is 11.5 Å². The second kappa shape index (κ2) is 5.65. The van der Waals surface area contributed by atoms with Gasteiger partial charge in [0, 0.05) is 17.5 Å². The highest BCUT2D eigenvalue weighted by Crippen LogP contribution is 2.39. The zero-order chi connectivity index (χ0) is 15.7. The quantitative estimate of drug-likeness (QED) is 0.511. The molecule has 0 saturated heterocycles. The number of phenols is 1. The van der Waals surface area contributed by atoms with Crippen LogP contribution in [-0.4, -0.2) is 10.1 Å². The maximum Gasteiger partial charge on any atom is 0.150 e. The molecule has 0 spiro atoms. The molecule has 0 atom stereocenters. The van der Waals surface area contributed by atoms with Crippen LogP contribution in [0.5, 0.6) is 5.75 Å². The van der Waals surface area contributed by atoms with Crippen LogP contribution in [0.15, 0.2) is 42.6 Å². The summed E-state index contributed by atoms with van der Waals surface area (Å²) in [5.74, 6) is -0.307. The number of rotatable bonds is 3. The smallest absolute Gasteiger partial charge is 0.150 e. The number of nitrogens with zero attached hydrogens (tertiary/aromatic N) is 1. The normalized spacial score (nSPS) is 10.8. The summed E-state index contributed by atoms with van der Waals surface area (Å²) >= 11 is 1.45. The highest BCUT2D eigenvalue weighted by molar-refractivity contribution is 7.15. The molecule has 5 N–H and O–H groups in total. The van der Waals surface area contributed by atoms with Crippen LogP contribution in [0.1, 0.15) is 10.4 Å². The van der Waals surface area contributed by atoms with Gasteiger partial charge in [-0.2, -0.15) is 0 Å². The van der Waals surface area contributed by atoms with Crippen LogP contribution in [0.4, 0.5) is 15.8 Å². The zero-order valence-electron chi connectivity index (χ0n) is 11.6. The predicted molar refractivity (Wildman–Crippen MR) is 87.2 cm³/mol. The van der Waals surface area contributed by atoms with Gasteiger partial charge in [0.1, 0.15) is 10.8 Å². The van der Waals surface area contributed by atoms with Crippen molar-refractivity contribution in [2.75, 3.05) is 11.5 Å². The summed E-state index contributed by atoms with van der Waals surface area (Å²) in [6.07, 6.45) is 2.40. The van der Waals surface area contributed by atoms with Crippen molar-refractivity contribution >= 4 is 22.7 Å². The van der Waals surface area contributed by atoms with Crippen LogP contribution in [0, 0.1) is 5.82 Å². The maximum atomic E-state index is 12.9. The molecule has 0 unspecified atom stereocenters. The Morgan fingerprint density at radius 3 is 2.55 bits per heavy atom. The van der Waals surface area contributed by atoms with E-state index in [2.05, 4.69) is 4.98 Å². The average Bonchev–Trinajstić information content (AvgIpc) is 2.96. The Balaban J connectivity index is 1.88. The van der Waals surface area contributed by atoms with Gasteiger partial charge in [0.25, 0.3) is 0 Å². The molecular formula is C16H14FN3OS. The lowest BCUT2D eigenvalue weighted by molar-refractivity contribution is 0.480. The van der Waals surface area contributed by atoms with Gasteiger partial charge in [-0.3, -0.25) is 0 Å². The van der Waals surface area contributed by atoms with Crippen molar-refractivity contribution in [3.05, 3.63) is 58.9 Å². The van der Waals surface area contributed by atoms with Gasteiger partial charge in [-0.15, -0.1) is 11.3 Å². The molecule has 0 aliphatic heterocycles. The maximum absolute atomic E-state index is 12.9. The SMILES string of the molecule is Nc1ccc(-c2ncc(Cc3ccc(F)cc3)s2)c(O)c1N. The van der Waals surface area contributed by atoms with E-state index in [-0.39, 0.29) is 17.3 Å². The van der Waals surface area contributed by atoms with Crippen molar-refractivity contribution in [1.29, 1.82) is 0 Å². The number of nitrogen functional groups attached to an aromatic ring is 2. The van der Waals surface area contributed by atoms with E-state index in [1.165, 1.54) is 23.5 Å². The zero-order valence-corrected chi connectivity index (χ0v) is 12.4. The van der Waals surface area contributed by atoms with Gasteiger partial charge >= 0.3 is 0 Å². The third kappa shape index (κ3) is 2.73. The van der Waals surface area contributed by atoms with E-state index in [1.54, 1.807) is 30.5 Å². The molecule has 3 rings (SSSR count). The minimum Gasteiger partial charge on any atom is -0.505 e. The van der Waals surface area contributed by atoms with Crippen molar-refractivity contribution in [1.82, 2.24) is 4.98 Å². The number of aromatic nitrogens is 1. The Bertz CT molecular complexity index is 815. The van der Waals surface area contributed by atoms with Gasteiger partial charge in [0.2, 0.25) is 0 Å². The van der Waals surface area contributed by atoms with Crippen LogP contribution in [-0.2, 0) is 6.42 Å². The summed E-state index contributed by atoms with van der Waals surface area (Å²) in [7, 11) is 0. The first-order valence-electron chi connectivity index (χ1n) is 6.61. The fourth-order valence-electron chi connectivity index (χ4n) is 2.11. The second-order valence-electron chi connectivity index (χ2n) is 4.90. The van der Waals surface area contributed by atoms with E-state index in [0.717, 1.165) is 10.4 Å². The van der Waals surface area contributed by atoms with E-state index in [0.29, 0.717) is 22.7 Å². The number of anilines is 2. The third-order valence-electron chi connectivity index (χ3n) is 3.33. The van der Waals surface area contributed by atoms with E-state index in [9.17, 15) is 9.50 Å². The van der Waals surface area contributed by atoms with Gasteiger partial charge in [-0.1, -0.05) is 12.1 Å². The molecule has 0 fully saturated rings. The number of phenolic OH excluding ortho intramolecular Hbond substituents is 1. The van der Waals surface area contributed by atoms with Gasteiger partial charge in [-0.25, -0.2) is 9.37 Å². The molecule has 0 amide bonds. The molecular weight excluding hydrogens is 301 g/mol. The Morgan fingerprint density at radius 2 is 1.82 bits per heavy atom. The Morgan fingerprint density at radius 1 is 1.09 bits per heavy atom. The first-order chi connectivity index (χ1) is 10.5. The van der Waals surface area contributed by atoms with Gasteiger partial charge in [-0.05, 0) is 29.8 Å². The molecule has 0 saturated carbocycles. The van der Waals surface area contributed by atoms with Crippen LogP contribution >= 0.6 is 11.3 Å². The molecule has 1 heterocycles. The fraction of sp³-hybridized carbons (Fsp3) is 0.0625. The monoisotopic (exact) mass is 315 g/mol. The van der Waals surface area contributed by atoms with E-state index in [1.807, 2.05) is 0 Å². The highest BCUT2D eigenvalue weighted by Gasteiger charge is 2.13. The summed E-state index contributed by atoms with van der Waals surface area (Å²) in [6, 6.07) is 9.70. The summed E-state index contributed by atoms with van der Waals surface area (Å²) in [4.78, 5) is 5.33. The lowest BCUT2D eigenvalue weighted by Crippen LogP contribution is -1.95. The number of aromatic hydroxyl groups is 1. The number of thiazole rings is 1. The molecule has 0 aliphatic carbocycles. The third-order valence-corrected chi connectivity index (χ3v) is 4.36. The van der Waals surface area contributed by atoms with Crippen LogP contribution in [0.25, 0.3) is 10.6 Å². The van der Waals surface area contributed by atoms with E-state index in [4.69, 9.17) is 11.5 Å². The van der Waals surface area contributed by atoms with Crippen molar-refractivity contribution < 1.29 is 9.50 Å². The molecule has 4 nitrogen and oxygen atoms in total. The molecule has 3 aromatic rings.